The maximum atomic E-state index is 6.21. The fourth-order valence-electron chi connectivity index (χ4n) is 4.73. The van der Waals surface area contributed by atoms with Crippen LogP contribution in [0.4, 0.5) is 0 Å². The lowest BCUT2D eigenvalue weighted by molar-refractivity contribution is -0.143. The molecule has 1 unspecified atom stereocenters. The largest absolute Gasteiger partial charge is 0.376 e. The summed E-state index contributed by atoms with van der Waals surface area (Å²) < 4.78 is 11.8. The first-order valence-corrected chi connectivity index (χ1v) is 7.49. The Hall–Kier alpha value is -0.0800. The molecule has 0 aromatic rings. The predicted molar refractivity (Wildman–Crippen MR) is 67.9 cm³/mol. The fourth-order valence-corrected chi connectivity index (χ4v) is 4.73. The second-order valence-corrected chi connectivity index (χ2v) is 6.49. The van der Waals surface area contributed by atoms with Crippen LogP contribution in [0.3, 0.4) is 0 Å². The predicted octanol–water partition coefficient (Wildman–Crippen LogP) is 3.25. The van der Waals surface area contributed by atoms with Crippen LogP contribution in [0.5, 0.6) is 0 Å². The first-order chi connectivity index (χ1) is 8.26. The second-order valence-electron chi connectivity index (χ2n) is 6.49. The second kappa shape index (κ2) is 4.89. The van der Waals surface area contributed by atoms with Gasteiger partial charge in [-0.25, -0.2) is 0 Å². The van der Waals surface area contributed by atoms with Crippen LogP contribution < -0.4 is 0 Å². The van der Waals surface area contributed by atoms with Gasteiger partial charge >= 0.3 is 0 Å². The van der Waals surface area contributed by atoms with Gasteiger partial charge in [0.25, 0.3) is 0 Å². The Morgan fingerprint density at radius 3 is 2.12 bits per heavy atom. The minimum absolute atomic E-state index is 0.261. The first-order valence-electron chi connectivity index (χ1n) is 7.49. The number of ether oxygens (including phenoxy) is 2. The molecule has 2 nitrogen and oxygen atoms in total. The lowest BCUT2D eigenvalue weighted by Crippen LogP contribution is -2.49. The van der Waals surface area contributed by atoms with E-state index in [2.05, 4.69) is 13.8 Å². The van der Waals surface area contributed by atoms with E-state index in [4.69, 9.17) is 9.47 Å². The van der Waals surface area contributed by atoms with E-state index in [0.717, 1.165) is 36.9 Å². The van der Waals surface area contributed by atoms with Gasteiger partial charge in [0, 0.05) is 6.61 Å². The van der Waals surface area contributed by atoms with Crippen molar-refractivity contribution in [1.82, 2.24) is 0 Å². The molecule has 4 saturated carbocycles. The molecule has 0 heterocycles. The van der Waals surface area contributed by atoms with E-state index >= 15 is 0 Å². The molecule has 0 aliphatic heterocycles. The summed E-state index contributed by atoms with van der Waals surface area (Å²) >= 11 is 0. The maximum Gasteiger partial charge on any atom is 0.0780 e. The summed E-state index contributed by atoms with van der Waals surface area (Å²) in [6.45, 7) is 5.77. The Labute approximate surface area is 105 Å². The quantitative estimate of drug-likeness (QED) is 0.732. The van der Waals surface area contributed by atoms with Gasteiger partial charge in [-0.1, -0.05) is 0 Å². The summed E-state index contributed by atoms with van der Waals surface area (Å²) in [6, 6.07) is 0. The SMILES string of the molecule is CCOC(C)COC1C2CC3CC(C2)CC1C3. The Balaban J connectivity index is 1.54. The third-order valence-corrected chi connectivity index (χ3v) is 5.11. The zero-order valence-electron chi connectivity index (χ0n) is 11.2. The molecule has 0 amide bonds. The van der Waals surface area contributed by atoms with E-state index in [1.54, 1.807) is 0 Å². The third kappa shape index (κ3) is 2.39. The Bertz CT molecular complexity index is 236. The van der Waals surface area contributed by atoms with Crippen LogP contribution in [0.2, 0.25) is 0 Å². The van der Waals surface area contributed by atoms with Crippen molar-refractivity contribution in [3.63, 3.8) is 0 Å². The van der Waals surface area contributed by atoms with Crippen LogP contribution in [0.15, 0.2) is 0 Å². The molecule has 0 saturated heterocycles. The average molecular weight is 238 g/mol. The average Bonchev–Trinajstić information content (AvgIpc) is 2.27. The zero-order chi connectivity index (χ0) is 11.8. The third-order valence-electron chi connectivity index (χ3n) is 5.11. The summed E-state index contributed by atoms with van der Waals surface area (Å²) in [7, 11) is 0. The molecule has 17 heavy (non-hydrogen) atoms. The molecule has 0 aromatic heterocycles. The molecule has 4 bridgehead atoms. The van der Waals surface area contributed by atoms with Gasteiger partial charge in [0.15, 0.2) is 0 Å². The standard InChI is InChI=1S/C15H26O2/c1-3-16-10(2)9-17-15-13-5-11-4-12(7-13)8-14(15)6-11/h10-15H,3-9H2,1-2H3. The number of hydrogen-bond acceptors (Lipinski definition) is 2. The molecule has 4 aliphatic rings. The monoisotopic (exact) mass is 238 g/mol. The maximum absolute atomic E-state index is 6.21. The van der Waals surface area contributed by atoms with E-state index in [1.807, 2.05) is 0 Å². The molecular weight excluding hydrogens is 212 g/mol. The van der Waals surface area contributed by atoms with Crippen LogP contribution >= 0.6 is 0 Å². The van der Waals surface area contributed by atoms with Crippen LogP contribution in [-0.2, 0) is 9.47 Å². The molecule has 98 valence electrons. The van der Waals surface area contributed by atoms with Gasteiger partial charge in [-0.15, -0.1) is 0 Å². The van der Waals surface area contributed by atoms with Crippen molar-refractivity contribution in [3.8, 4) is 0 Å². The molecule has 0 N–H and O–H groups in total. The number of rotatable bonds is 5. The zero-order valence-corrected chi connectivity index (χ0v) is 11.2. The highest BCUT2D eigenvalue weighted by atomic mass is 16.5. The summed E-state index contributed by atoms with van der Waals surface area (Å²) in [5, 5.41) is 0. The summed E-state index contributed by atoms with van der Waals surface area (Å²) in [4.78, 5) is 0. The molecule has 0 aromatic carbocycles. The lowest BCUT2D eigenvalue weighted by Gasteiger charge is -2.54. The molecule has 2 heteroatoms. The van der Waals surface area contributed by atoms with Gasteiger partial charge in [0.1, 0.15) is 0 Å². The normalized spacial score (nSPS) is 45.2. The Kier molecular flexibility index (Phi) is 3.45. The number of hydrogen-bond donors (Lipinski definition) is 0. The lowest BCUT2D eigenvalue weighted by atomic mass is 9.55. The van der Waals surface area contributed by atoms with E-state index in [1.165, 1.54) is 32.1 Å². The van der Waals surface area contributed by atoms with Crippen molar-refractivity contribution in [1.29, 1.82) is 0 Å². The molecule has 1 atom stereocenters. The first kappa shape index (κ1) is 12.0. The smallest absolute Gasteiger partial charge is 0.0780 e. The Morgan fingerprint density at radius 1 is 1.00 bits per heavy atom. The van der Waals surface area contributed by atoms with Crippen molar-refractivity contribution < 1.29 is 9.47 Å². The molecule has 0 spiro atoms. The van der Waals surface area contributed by atoms with Crippen LogP contribution in [0.25, 0.3) is 0 Å². The van der Waals surface area contributed by atoms with E-state index in [9.17, 15) is 0 Å². The molecule has 4 rings (SSSR count). The topological polar surface area (TPSA) is 18.5 Å². The molecular formula is C15H26O2. The highest BCUT2D eigenvalue weighted by Crippen LogP contribution is 2.54. The summed E-state index contributed by atoms with van der Waals surface area (Å²) in [6.07, 6.45) is 8.13. The van der Waals surface area contributed by atoms with Crippen molar-refractivity contribution >= 4 is 0 Å². The summed E-state index contributed by atoms with van der Waals surface area (Å²) in [5.41, 5.74) is 0. The van der Waals surface area contributed by atoms with Gasteiger partial charge < -0.3 is 9.47 Å². The van der Waals surface area contributed by atoms with Gasteiger partial charge in [0.05, 0.1) is 18.8 Å². The Morgan fingerprint density at radius 2 is 1.59 bits per heavy atom. The van der Waals surface area contributed by atoms with Gasteiger partial charge in [-0.2, -0.15) is 0 Å². The van der Waals surface area contributed by atoms with Crippen molar-refractivity contribution in [3.05, 3.63) is 0 Å². The van der Waals surface area contributed by atoms with Crippen molar-refractivity contribution in [2.45, 2.75) is 58.2 Å². The van der Waals surface area contributed by atoms with Gasteiger partial charge in [-0.3, -0.25) is 0 Å². The van der Waals surface area contributed by atoms with Crippen molar-refractivity contribution in [2.24, 2.45) is 23.7 Å². The van der Waals surface area contributed by atoms with Gasteiger partial charge in [0.2, 0.25) is 0 Å². The highest BCUT2D eigenvalue weighted by molar-refractivity contribution is 4.99. The minimum atomic E-state index is 0.261. The fraction of sp³-hybridized carbons (Fsp3) is 1.00. The van der Waals surface area contributed by atoms with Crippen LogP contribution in [-0.4, -0.2) is 25.4 Å². The van der Waals surface area contributed by atoms with E-state index in [-0.39, 0.29) is 6.10 Å². The van der Waals surface area contributed by atoms with Crippen LogP contribution in [0.1, 0.15) is 46.0 Å². The summed E-state index contributed by atoms with van der Waals surface area (Å²) in [5.74, 6) is 3.84. The molecule has 4 fully saturated rings. The van der Waals surface area contributed by atoms with Crippen molar-refractivity contribution in [2.75, 3.05) is 13.2 Å². The minimum Gasteiger partial charge on any atom is -0.376 e. The van der Waals surface area contributed by atoms with E-state index in [0.29, 0.717) is 6.10 Å². The van der Waals surface area contributed by atoms with Crippen LogP contribution in [0, 0.1) is 23.7 Å². The van der Waals surface area contributed by atoms with Gasteiger partial charge in [-0.05, 0) is 69.6 Å². The highest BCUT2D eigenvalue weighted by Gasteiger charge is 2.48. The van der Waals surface area contributed by atoms with E-state index < -0.39 is 0 Å². The molecule has 4 aliphatic carbocycles. The molecule has 0 radical (unpaired) electrons.